The summed E-state index contributed by atoms with van der Waals surface area (Å²) in [6.45, 7) is 2.21. The molecule has 0 bridgehead atoms. The Hall–Kier alpha value is -0.610. The summed E-state index contributed by atoms with van der Waals surface area (Å²) in [5.74, 6) is -0.377. The average molecular weight is 215 g/mol. The largest absolute Gasteiger partial charge is 0.468 e. The smallest absolute Gasteiger partial charge is 0.325 e. The summed E-state index contributed by atoms with van der Waals surface area (Å²) in [6, 6.07) is 0. The third-order valence-corrected chi connectivity index (χ3v) is 2.93. The number of hydrogen-bond acceptors (Lipinski definition) is 4. The molecule has 0 saturated heterocycles. The van der Waals surface area contributed by atoms with Crippen LogP contribution < -0.4 is 5.73 Å². The van der Waals surface area contributed by atoms with Gasteiger partial charge in [0, 0.05) is 6.61 Å². The molecular weight excluding hydrogens is 194 g/mol. The van der Waals surface area contributed by atoms with Gasteiger partial charge >= 0.3 is 5.97 Å². The zero-order chi connectivity index (χ0) is 11.3. The van der Waals surface area contributed by atoms with Crippen LogP contribution in [0.25, 0.3) is 0 Å². The Morgan fingerprint density at radius 2 is 2.07 bits per heavy atom. The van der Waals surface area contributed by atoms with Gasteiger partial charge in [0.2, 0.25) is 0 Å². The van der Waals surface area contributed by atoms with Crippen LogP contribution >= 0.6 is 0 Å². The van der Waals surface area contributed by atoms with E-state index in [0.717, 1.165) is 12.8 Å². The number of hydrogen-bond donors (Lipinski definition) is 1. The third kappa shape index (κ3) is 3.80. The molecule has 0 aromatic heterocycles. The van der Waals surface area contributed by atoms with Crippen LogP contribution in [0.15, 0.2) is 0 Å². The van der Waals surface area contributed by atoms with Crippen LogP contribution in [0.4, 0.5) is 0 Å². The molecule has 0 amide bonds. The molecule has 4 nitrogen and oxygen atoms in total. The molecule has 1 fully saturated rings. The highest BCUT2D eigenvalue weighted by molar-refractivity contribution is 5.79. The van der Waals surface area contributed by atoms with Crippen LogP contribution in [0.1, 0.15) is 39.0 Å². The molecule has 0 aromatic rings. The van der Waals surface area contributed by atoms with Crippen molar-refractivity contribution in [3.05, 3.63) is 0 Å². The van der Waals surface area contributed by atoms with Crippen LogP contribution in [0, 0.1) is 0 Å². The number of rotatable bonds is 5. The van der Waals surface area contributed by atoms with Crippen molar-refractivity contribution in [2.75, 3.05) is 13.7 Å². The standard InChI is InChI=1S/C11H21NO3/c1-11(12,10(13)14-2)7-8-15-9-5-3-4-6-9/h9H,3-8,12H2,1-2H3. The lowest BCUT2D eigenvalue weighted by atomic mass is 10.0. The minimum absolute atomic E-state index is 0.374. The third-order valence-electron chi connectivity index (χ3n) is 2.93. The number of carbonyl (C=O) groups is 1. The summed E-state index contributed by atoms with van der Waals surface area (Å²) in [4.78, 5) is 11.3. The number of methoxy groups -OCH3 is 1. The van der Waals surface area contributed by atoms with E-state index in [1.807, 2.05) is 0 Å². The lowest BCUT2D eigenvalue weighted by Gasteiger charge is -2.22. The summed E-state index contributed by atoms with van der Waals surface area (Å²) in [6.07, 6.45) is 5.66. The van der Waals surface area contributed by atoms with Gasteiger partial charge in [0.05, 0.1) is 13.2 Å². The molecule has 0 aromatic carbocycles. The molecule has 1 aliphatic carbocycles. The highest BCUT2D eigenvalue weighted by Crippen LogP contribution is 2.21. The Labute approximate surface area is 91.1 Å². The number of nitrogens with two attached hydrogens (primary N) is 1. The van der Waals surface area contributed by atoms with Crippen molar-refractivity contribution in [2.45, 2.75) is 50.7 Å². The van der Waals surface area contributed by atoms with Crippen molar-refractivity contribution < 1.29 is 14.3 Å². The molecule has 0 heterocycles. The highest BCUT2D eigenvalue weighted by atomic mass is 16.5. The maximum atomic E-state index is 11.3. The minimum atomic E-state index is -0.923. The second-order valence-electron chi connectivity index (χ2n) is 4.44. The summed E-state index contributed by atoms with van der Waals surface area (Å²) in [7, 11) is 1.35. The van der Waals surface area contributed by atoms with E-state index in [-0.39, 0.29) is 5.97 Å². The van der Waals surface area contributed by atoms with Crippen LogP contribution in [-0.2, 0) is 14.3 Å². The minimum Gasteiger partial charge on any atom is -0.468 e. The summed E-state index contributed by atoms with van der Waals surface area (Å²) < 4.78 is 10.3. The number of esters is 1. The van der Waals surface area contributed by atoms with E-state index in [4.69, 9.17) is 10.5 Å². The Morgan fingerprint density at radius 1 is 1.47 bits per heavy atom. The first-order valence-electron chi connectivity index (χ1n) is 5.55. The summed E-state index contributed by atoms with van der Waals surface area (Å²) in [5.41, 5.74) is 4.88. The van der Waals surface area contributed by atoms with Gasteiger partial charge in [-0.1, -0.05) is 12.8 Å². The Morgan fingerprint density at radius 3 is 2.60 bits per heavy atom. The molecule has 1 aliphatic rings. The number of carbonyl (C=O) groups excluding carboxylic acids is 1. The SMILES string of the molecule is COC(=O)C(C)(N)CCOC1CCCC1. The van der Waals surface area contributed by atoms with Crippen molar-refractivity contribution >= 4 is 5.97 Å². The van der Waals surface area contributed by atoms with Crippen molar-refractivity contribution in [3.63, 3.8) is 0 Å². The summed E-state index contributed by atoms with van der Waals surface area (Å²) in [5, 5.41) is 0. The molecule has 0 radical (unpaired) electrons. The molecule has 15 heavy (non-hydrogen) atoms. The van der Waals surface area contributed by atoms with Gasteiger partial charge in [0.25, 0.3) is 0 Å². The van der Waals surface area contributed by atoms with Gasteiger partial charge in [-0.15, -0.1) is 0 Å². The lowest BCUT2D eigenvalue weighted by molar-refractivity contribution is -0.147. The van der Waals surface area contributed by atoms with Crippen LogP contribution in [0.2, 0.25) is 0 Å². The van der Waals surface area contributed by atoms with Gasteiger partial charge in [-0.25, -0.2) is 0 Å². The zero-order valence-electron chi connectivity index (χ0n) is 9.62. The zero-order valence-corrected chi connectivity index (χ0v) is 9.62. The maximum Gasteiger partial charge on any atom is 0.325 e. The van der Waals surface area contributed by atoms with E-state index >= 15 is 0 Å². The predicted octanol–water partition coefficient (Wildman–Crippen LogP) is 1.23. The fraction of sp³-hybridized carbons (Fsp3) is 0.909. The molecule has 0 aliphatic heterocycles. The van der Waals surface area contributed by atoms with Gasteiger partial charge in [0.15, 0.2) is 0 Å². The van der Waals surface area contributed by atoms with E-state index in [0.29, 0.717) is 19.1 Å². The summed E-state index contributed by atoms with van der Waals surface area (Å²) >= 11 is 0. The average Bonchev–Trinajstić information content (AvgIpc) is 2.69. The van der Waals surface area contributed by atoms with Gasteiger partial charge in [-0.05, 0) is 26.2 Å². The first kappa shape index (κ1) is 12.5. The van der Waals surface area contributed by atoms with E-state index in [2.05, 4.69) is 4.74 Å². The number of ether oxygens (including phenoxy) is 2. The highest BCUT2D eigenvalue weighted by Gasteiger charge is 2.29. The molecular formula is C11H21NO3. The van der Waals surface area contributed by atoms with E-state index in [1.165, 1.54) is 20.0 Å². The quantitative estimate of drug-likeness (QED) is 0.701. The molecule has 2 N–H and O–H groups in total. The fourth-order valence-electron chi connectivity index (χ4n) is 1.83. The molecule has 4 heteroatoms. The van der Waals surface area contributed by atoms with Crippen LogP contribution in [-0.4, -0.2) is 31.3 Å². The van der Waals surface area contributed by atoms with E-state index in [1.54, 1.807) is 6.92 Å². The van der Waals surface area contributed by atoms with Crippen LogP contribution in [0.3, 0.4) is 0 Å². The first-order chi connectivity index (χ1) is 7.06. The van der Waals surface area contributed by atoms with Gasteiger partial charge in [0.1, 0.15) is 5.54 Å². The Bertz CT molecular complexity index is 210. The van der Waals surface area contributed by atoms with Gasteiger partial charge in [-0.2, -0.15) is 0 Å². The van der Waals surface area contributed by atoms with E-state index in [9.17, 15) is 4.79 Å². The van der Waals surface area contributed by atoms with Gasteiger partial charge in [-0.3, -0.25) is 4.79 Å². The predicted molar refractivity (Wildman–Crippen MR) is 57.4 cm³/mol. The van der Waals surface area contributed by atoms with Crippen molar-refractivity contribution in [1.82, 2.24) is 0 Å². The maximum absolute atomic E-state index is 11.3. The second kappa shape index (κ2) is 5.47. The normalized spacial score (nSPS) is 21.3. The second-order valence-corrected chi connectivity index (χ2v) is 4.44. The Kier molecular flexibility index (Phi) is 4.54. The topological polar surface area (TPSA) is 61.5 Å². The molecule has 1 unspecified atom stereocenters. The first-order valence-corrected chi connectivity index (χ1v) is 5.55. The Balaban J connectivity index is 2.20. The van der Waals surface area contributed by atoms with Crippen molar-refractivity contribution in [3.8, 4) is 0 Å². The van der Waals surface area contributed by atoms with Crippen LogP contribution in [0.5, 0.6) is 0 Å². The molecule has 1 atom stereocenters. The van der Waals surface area contributed by atoms with Gasteiger partial charge < -0.3 is 15.2 Å². The molecule has 1 saturated carbocycles. The monoisotopic (exact) mass is 215 g/mol. The molecule has 0 spiro atoms. The van der Waals surface area contributed by atoms with E-state index < -0.39 is 5.54 Å². The fourth-order valence-corrected chi connectivity index (χ4v) is 1.83. The van der Waals surface area contributed by atoms with Crippen molar-refractivity contribution in [1.29, 1.82) is 0 Å². The molecule has 88 valence electrons. The molecule has 1 rings (SSSR count). The van der Waals surface area contributed by atoms with Crippen molar-refractivity contribution in [2.24, 2.45) is 5.73 Å². The lowest BCUT2D eigenvalue weighted by Crippen LogP contribution is -2.46.